The molecule has 1 rings (SSSR count). The fourth-order valence-corrected chi connectivity index (χ4v) is 1.83. The molecule has 0 unspecified atom stereocenters. The van der Waals surface area contributed by atoms with Crippen LogP contribution in [0, 0.1) is 0 Å². The molecular weight excluding hydrogens is 210 g/mol. The van der Waals surface area contributed by atoms with Gasteiger partial charge in [-0.15, -0.1) is 11.3 Å². The van der Waals surface area contributed by atoms with Crippen LogP contribution >= 0.6 is 11.3 Å². The highest BCUT2D eigenvalue weighted by Crippen LogP contribution is 2.09. The first-order valence-electron chi connectivity index (χ1n) is 4.85. The Morgan fingerprint density at radius 3 is 2.73 bits per heavy atom. The summed E-state index contributed by atoms with van der Waals surface area (Å²) in [5.74, 6) is -0.00336. The summed E-state index contributed by atoms with van der Waals surface area (Å²) < 4.78 is 0. The number of carbonyl (C=O) groups is 1. The summed E-state index contributed by atoms with van der Waals surface area (Å²) >= 11 is 1.49. The molecule has 0 saturated heterocycles. The summed E-state index contributed by atoms with van der Waals surface area (Å²) in [5, 5.41) is 5.64. The third-order valence-electron chi connectivity index (χ3n) is 1.63. The van der Waals surface area contributed by atoms with Crippen molar-refractivity contribution in [3.05, 3.63) is 16.1 Å². The molecule has 0 fully saturated rings. The molecule has 1 amide bonds. The molecule has 3 N–H and O–H groups in total. The van der Waals surface area contributed by atoms with E-state index in [4.69, 9.17) is 5.73 Å². The zero-order valence-corrected chi connectivity index (χ0v) is 10.1. The molecule has 1 heterocycles. The smallest absolute Gasteiger partial charge is 0.226 e. The molecule has 4 nitrogen and oxygen atoms in total. The normalized spacial score (nSPS) is 11.5. The second-order valence-electron chi connectivity index (χ2n) is 4.41. The molecule has 1 aromatic rings. The van der Waals surface area contributed by atoms with E-state index >= 15 is 0 Å². The standard InChI is InChI=1S/C10H17N3OS/c1-10(2,3)13-8(14)4-7-6-15-9(5-11)12-7/h6H,4-5,11H2,1-3H3,(H,13,14). The van der Waals surface area contributed by atoms with Crippen molar-refractivity contribution in [1.29, 1.82) is 0 Å². The van der Waals surface area contributed by atoms with Crippen LogP contribution in [0.25, 0.3) is 0 Å². The lowest BCUT2D eigenvalue weighted by Crippen LogP contribution is -2.41. The average Bonchev–Trinajstić information content (AvgIpc) is 2.48. The number of aromatic nitrogens is 1. The van der Waals surface area contributed by atoms with Crippen LogP contribution in [0.3, 0.4) is 0 Å². The minimum Gasteiger partial charge on any atom is -0.351 e. The second kappa shape index (κ2) is 4.72. The van der Waals surface area contributed by atoms with E-state index in [1.54, 1.807) is 0 Å². The molecular formula is C10H17N3OS. The lowest BCUT2D eigenvalue weighted by atomic mass is 10.1. The predicted molar refractivity (Wildman–Crippen MR) is 61.6 cm³/mol. The minimum absolute atomic E-state index is 0.00336. The molecule has 84 valence electrons. The van der Waals surface area contributed by atoms with Gasteiger partial charge in [0.15, 0.2) is 0 Å². The van der Waals surface area contributed by atoms with E-state index in [-0.39, 0.29) is 11.4 Å². The largest absolute Gasteiger partial charge is 0.351 e. The summed E-state index contributed by atoms with van der Waals surface area (Å²) in [6, 6.07) is 0. The number of thiazole rings is 1. The first-order valence-corrected chi connectivity index (χ1v) is 5.73. The van der Waals surface area contributed by atoms with E-state index in [0.29, 0.717) is 13.0 Å². The van der Waals surface area contributed by atoms with Gasteiger partial charge in [-0.1, -0.05) is 0 Å². The van der Waals surface area contributed by atoms with E-state index in [9.17, 15) is 4.79 Å². The molecule has 0 saturated carbocycles. The van der Waals surface area contributed by atoms with Crippen LogP contribution in [0.1, 0.15) is 31.5 Å². The fraction of sp³-hybridized carbons (Fsp3) is 0.600. The van der Waals surface area contributed by atoms with Gasteiger partial charge in [0.1, 0.15) is 5.01 Å². The molecule has 0 aromatic carbocycles. The second-order valence-corrected chi connectivity index (χ2v) is 5.35. The Bertz CT molecular complexity index is 341. The van der Waals surface area contributed by atoms with Crippen molar-refractivity contribution in [3.63, 3.8) is 0 Å². The van der Waals surface area contributed by atoms with Crippen LogP contribution in [-0.2, 0) is 17.8 Å². The number of hydrogen-bond donors (Lipinski definition) is 2. The van der Waals surface area contributed by atoms with Crippen molar-refractivity contribution >= 4 is 17.2 Å². The maximum absolute atomic E-state index is 11.5. The minimum atomic E-state index is -0.191. The quantitative estimate of drug-likeness (QED) is 0.811. The van der Waals surface area contributed by atoms with Gasteiger partial charge in [0.25, 0.3) is 0 Å². The third kappa shape index (κ3) is 4.40. The van der Waals surface area contributed by atoms with E-state index in [1.165, 1.54) is 11.3 Å². The molecule has 0 aliphatic carbocycles. The number of hydrogen-bond acceptors (Lipinski definition) is 4. The average molecular weight is 227 g/mol. The first kappa shape index (κ1) is 12.1. The van der Waals surface area contributed by atoms with Crippen LogP contribution < -0.4 is 11.1 Å². The van der Waals surface area contributed by atoms with E-state index < -0.39 is 0 Å². The monoisotopic (exact) mass is 227 g/mol. The van der Waals surface area contributed by atoms with Crippen LogP contribution in [-0.4, -0.2) is 16.4 Å². The van der Waals surface area contributed by atoms with E-state index in [2.05, 4.69) is 10.3 Å². The fourth-order valence-electron chi connectivity index (χ4n) is 1.15. The molecule has 15 heavy (non-hydrogen) atoms. The first-order chi connectivity index (χ1) is 6.90. The summed E-state index contributed by atoms with van der Waals surface area (Å²) in [4.78, 5) is 15.8. The van der Waals surface area contributed by atoms with Gasteiger partial charge in [-0.3, -0.25) is 4.79 Å². The van der Waals surface area contributed by atoms with Gasteiger partial charge in [-0.25, -0.2) is 4.98 Å². The summed E-state index contributed by atoms with van der Waals surface area (Å²) in [6.45, 7) is 6.30. The van der Waals surface area contributed by atoms with Crippen LogP contribution in [0.5, 0.6) is 0 Å². The Morgan fingerprint density at radius 1 is 1.60 bits per heavy atom. The molecule has 0 bridgehead atoms. The van der Waals surface area contributed by atoms with Crippen molar-refractivity contribution in [2.75, 3.05) is 0 Å². The van der Waals surface area contributed by atoms with E-state index in [1.807, 2.05) is 26.2 Å². The zero-order valence-electron chi connectivity index (χ0n) is 9.33. The predicted octanol–water partition coefficient (Wildman–Crippen LogP) is 1.06. The lowest BCUT2D eigenvalue weighted by molar-refractivity contribution is -0.121. The molecule has 0 aliphatic rings. The van der Waals surface area contributed by atoms with Crippen molar-refractivity contribution < 1.29 is 4.79 Å². The number of nitrogens with one attached hydrogen (secondary N) is 1. The van der Waals surface area contributed by atoms with Gasteiger partial charge in [0.05, 0.1) is 12.1 Å². The Kier molecular flexibility index (Phi) is 3.82. The third-order valence-corrected chi connectivity index (χ3v) is 2.55. The van der Waals surface area contributed by atoms with Gasteiger partial charge in [0.2, 0.25) is 5.91 Å². The van der Waals surface area contributed by atoms with Crippen LogP contribution in [0.15, 0.2) is 5.38 Å². The highest BCUT2D eigenvalue weighted by molar-refractivity contribution is 7.09. The maximum Gasteiger partial charge on any atom is 0.226 e. The highest BCUT2D eigenvalue weighted by atomic mass is 32.1. The molecule has 0 spiro atoms. The lowest BCUT2D eigenvalue weighted by Gasteiger charge is -2.20. The SMILES string of the molecule is CC(C)(C)NC(=O)Cc1csc(CN)n1. The van der Waals surface area contributed by atoms with E-state index in [0.717, 1.165) is 10.7 Å². The van der Waals surface area contributed by atoms with Crippen molar-refractivity contribution in [2.45, 2.75) is 39.3 Å². The molecule has 0 atom stereocenters. The summed E-state index contributed by atoms with van der Waals surface area (Å²) in [7, 11) is 0. The molecule has 5 heteroatoms. The Balaban J connectivity index is 2.51. The van der Waals surface area contributed by atoms with Crippen molar-refractivity contribution in [3.8, 4) is 0 Å². The molecule has 0 aliphatic heterocycles. The number of rotatable bonds is 3. The Labute approximate surface area is 93.9 Å². The topological polar surface area (TPSA) is 68.0 Å². The van der Waals surface area contributed by atoms with Crippen molar-refractivity contribution in [2.24, 2.45) is 5.73 Å². The van der Waals surface area contributed by atoms with Crippen molar-refractivity contribution in [1.82, 2.24) is 10.3 Å². The Morgan fingerprint density at radius 2 is 2.27 bits per heavy atom. The number of nitrogens with zero attached hydrogens (tertiary/aromatic N) is 1. The number of nitrogens with two attached hydrogens (primary N) is 1. The summed E-state index contributed by atoms with van der Waals surface area (Å²) in [6.07, 6.45) is 0.327. The van der Waals surface area contributed by atoms with Gasteiger partial charge < -0.3 is 11.1 Å². The van der Waals surface area contributed by atoms with Crippen LogP contribution in [0.2, 0.25) is 0 Å². The number of carbonyl (C=O) groups excluding carboxylic acids is 1. The maximum atomic E-state index is 11.5. The number of amides is 1. The van der Waals surface area contributed by atoms with Gasteiger partial charge in [-0.2, -0.15) is 0 Å². The Hall–Kier alpha value is -0.940. The van der Waals surface area contributed by atoms with Crippen LogP contribution in [0.4, 0.5) is 0 Å². The highest BCUT2D eigenvalue weighted by Gasteiger charge is 2.14. The van der Waals surface area contributed by atoms with Gasteiger partial charge in [-0.05, 0) is 20.8 Å². The summed E-state index contributed by atoms with van der Waals surface area (Å²) in [5.41, 5.74) is 6.05. The van der Waals surface area contributed by atoms with Gasteiger partial charge in [0, 0.05) is 17.5 Å². The molecule has 0 radical (unpaired) electrons. The van der Waals surface area contributed by atoms with Gasteiger partial charge >= 0.3 is 0 Å². The molecule has 1 aromatic heterocycles. The zero-order chi connectivity index (χ0) is 11.5.